The van der Waals surface area contributed by atoms with Crippen LogP contribution in [0.25, 0.3) is 0 Å². The summed E-state index contributed by atoms with van der Waals surface area (Å²) in [5.74, 6) is -0.224. The molecular formula is C4H10NO2+. The Kier molecular flexibility index (Phi) is 3.32. The van der Waals surface area contributed by atoms with Gasteiger partial charge in [-0.05, 0) is 0 Å². The minimum atomic E-state index is -0.224. The number of carbonyl (C=O) groups excluding carboxylic acids is 1. The molecule has 3 heteroatoms. The van der Waals surface area contributed by atoms with Gasteiger partial charge in [0.15, 0.2) is 0 Å². The van der Waals surface area contributed by atoms with Crippen LogP contribution in [0.5, 0.6) is 0 Å². The predicted octanol–water partition coefficient (Wildman–Crippen LogP) is -1.30. The molecule has 0 bridgehead atoms. The third kappa shape index (κ3) is 5.43. The molecule has 0 heterocycles. The van der Waals surface area contributed by atoms with E-state index in [1.54, 1.807) is 5.32 Å². The molecule has 0 aromatic carbocycles. The number of nitrogens with two attached hydrogens (primary N) is 1. The summed E-state index contributed by atoms with van der Waals surface area (Å²) in [6, 6.07) is 0. The van der Waals surface area contributed by atoms with Gasteiger partial charge in [0.1, 0.15) is 0 Å². The van der Waals surface area contributed by atoms with Gasteiger partial charge in [0.2, 0.25) is 6.73 Å². The fourth-order valence-corrected chi connectivity index (χ4v) is 0.201. The summed E-state index contributed by atoms with van der Waals surface area (Å²) in [5.41, 5.74) is 0. The van der Waals surface area contributed by atoms with Crippen LogP contribution < -0.4 is 5.32 Å². The highest BCUT2D eigenvalue weighted by Crippen LogP contribution is 1.64. The fourth-order valence-electron chi connectivity index (χ4n) is 0.201. The Morgan fingerprint density at radius 2 is 2.43 bits per heavy atom. The monoisotopic (exact) mass is 104 g/mol. The maximum absolute atomic E-state index is 9.96. The lowest BCUT2D eigenvalue weighted by atomic mass is 10.8. The molecule has 2 N–H and O–H groups in total. The molecule has 0 amide bonds. The smallest absolute Gasteiger partial charge is 0.306 e. The van der Waals surface area contributed by atoms with Crippen LogP contribution >= 0.6 is 0 Å². The van der Waals surface area contributed by atoms with Crippen molar-refractivity contribution in [3.8, 4) is 0 Å². The molecule has 0 aromatic heterocycles. The van der Waals surface area contributed by atoms with Crippen LogP contribution in [0.1, 0.15) is 6.92 Å². The quantitative estimate of drug-likeness (QED) is 0.349. The van der Waals surface area contributed by atoms with E-state index in [1.165, 1.54) is 6.92 Å². The summed E-state index contributed by atoms with van der Waals surface area (Å²) in [5, 5.41) is 1.78. The van der Waals surface area contributed by atoms with Crippen molar-refractivity contribution in [3.63, 3.8) is 0 Å². The van der Waals surface area contributed by atoms with Crippen molar-refractivity contribution >= 4 is 5.97 Å². The molecule has 0 rings (SSSR count). The van der Waals surface area contributed by atoms with E-state index in [2.05, 4.69) is 4.74 Å². The highest BCUT2D eigenvalue weighted by atomic mass is 16.5. The van der Waals surface area contributed by atoms with E-state index >= 15 is 0 Å². The number of hydrogen-bond donors (Lipinski definition) is 1. The summed E-state index contributed by atoms with van der Waals surface area (Å²) in [4.78, 5) is 9.96. The van der Waals surface area contributed by atoms with Gasteiger partial charge in [-0.25, -0.2) is 0 Å². The van der Waals surface area contributed by atoms with Gasteiger partial charge in [0.25, 0.3) is 0 Å². The van der Waals surface area contributed by atoms with Crippen molar-refractivity contribution < 1.29 is 14.8 Å². The number of rotatable bonds is 2. The van der Waals surface area contributed by atoms with Crippen molar-refractivity contribution in [2.45, 2.75) is 6.92 Å². The zero-order valence-electron chi connectivity index (χ0n) is 4.60. The Labute approximate surface area is 42.7 Å². The molecule has 42 valence electrons. The third-order valence-electron chi connectivity index (χ3n) is 0.453. The lowest BCUT2D eigenvalue weighted by Crippen LogP contribution is -2.80. The van der Waals surface area contributed by atoms with Crippen molar-refractivity contribution in [2.24, 2.45) is 0 Å². The summed E-state index contributed by atoms with van der Waals surface area (Å²) in [7, 11) is 1.84. The lowest BCUT2D eigenvalue weighted by molar-refractivity contribution is -0.656. The minimum Gasteiger partial charge on any atom is -0.415 e. The van der Waals surface area contributed by atoms with Gasteiger partial charge >= 0.3 is 5.97 Å². The molecule has 7 heavy (non-hydrogen) atoms. The van der Waals surface area contributed by atoms with Gasteiger partial charge in [0.05, 0.1) is 7.05 Å². The van der Waals surface area contributed by atoms with Gasteiger partial charge in [0, 0.05) is 6.92 Å². The summed E-state index contributed by atoms with van der Waals surface area (Å²) >= 11 is 0. The normalized spacial score (nSPS) is 8.29. The van der Waals surface area contributed by atoms with E-state index in [9.17, 15) is 4.79 Å². The number of quaternary nitrogens is 1. The topological polar surface area (TPSA) is 42.9 Å². The summed E-state index contributed by atoms with van der Waals surface area (Å²) in [6.45, 7) is 1.82. The Morgan fingerprint density at radius 3 is 2.57 bits per heavy atom. The molecular weight excluding hydrogens is 94.0 g/mol. The second kappa shape index (κ2) is 3.61. The molecule has 0 unspecified atom stereocenters. The van der Waals surface area contributed by atoms with Gasteiger partial charge in [-0.1, -0.05) is 0 Å². The van der Waals surface area contributed by atoms with Crippen LogP contribution in [0.15, 0.2) is 0 Å². The zero-order valence-corrected chi connectivity index (χ0v) is 4.60. The Bertz CT molecular complexity index is 62.7. The maximum atomic E-state index is 9.96. The molecule has 0 aliphatic heterocycles. The van der Waals surface area contributed by atoms with Crippen LogP contribution in [0.4, 0.5) is 0 Å². The van der Waals surface area contributed by atoms with E-state index in [4.69, 9.17) is 0 Å². The van der Waals surface area contributed by atoms with Crippen molar-refractivity contribution in [2.75, 3.05) is 13.8 Å². The van der Waals surface area contributed by atoms with E-state index in [1.807, 2.05) is 7.05 Å². The van der Waals surface area contributed by atoms with Gasteiger partial charge in [-0.2, -0.15) is 0 Å². The van der Waals surface area contributed by atoms with E-state index in [0.29, 0.717) is 6.73 Å². The molecule has 0 saturated heterocycles. The largest absolute Gasteiger partial charge is 0.415 e. The van der Waals surface area contributed by atoms with Crippen LogP contribution in [-0.2, 0) is 9.53 Å². The average molecular weight is 104 g/mol. The summed E-state index contributed by atoms with van der Waals surface area (Å²) < 4.78 is 4.50. The van der Waals surface area contributed by atoms with Gasteiger partial charge in [-0.15, -0.1) is 0 Å². The molecule has 0 radical (unpaired) electrons. The first kappa shape index (κ1) is 6.43. The molecule has 0 spiro atoms. The Balaban J connectivity index is 2.82. The highest BCUT2D eigenvalue weighted by Gasteiger charge is 1.86. The number of ether oxygens (including phenoxy) is 1. The first-order chi connectivity index (χ1) is 3.27. The number of carbonyl (C=O) groups is 1. The average Bonchev–Trinajstić information content (AvgIpc) is 1.61. The fraction of sp³-hybridized carbons (Fsp3) is 0.750. The Morgan fingerprint density at radius 1 is 1.86 bits per heavy atom. The number of hydrogen-bond acceptors (Lipinski definition) is 2. The molecule has 0 aromatic rings. The first-order valence-corrected chi connectivity index (χ1v) is 2.18. The first-order valence-electron chi connectivity index (χ1n) is 2.18. The Hall–Kier alpha value is -0.570. The molecule has 0 aliphatic rings. The predicted molar refractivity (Wildman–Crippen MR) is 24.5 cm³/mol. The van der Waals surface area contributed by atoms with Crippen LogP contribution in [-0.4, -0.2) is 19.7 Å². The number of esters is 1. The van der Waals surface area contributed by atoms with Gasteiger partial charge in [-0.3, -0.25) is 4.79 Å². The maximum Gasteiger partial charge on any atom is 0.306 e. The minimum absolute atomic E-state index is 0.224. The molecule has 3 nitrogen and oxygen atoms in total. The molecule has 0 aliphatic carbocycles. The lowest BCUT2D eigenvalue weighted by Gasteiger charge is -1.92. The second-order valence-corrected chi connectivity index (χ2v) is 1.21. The summed E-state index contributed by atoms with van der Waals surface area (Å²) in [6.07, 6.45) is 0. The van der Waals surface area contributed by atoms with Crippen molar-refractivity contribution in [1.82, 2.24) is 0 Å². The third-order valence-corrected chi connectivity index (χ3v) is 0.453. The van der Waals surface area contributed by atoms with Crippen molar-refractivity contribution in [3.05, 3.63) is 0 Å². The second-order valence-electron chi connectivity index (χ2n) is 1.21. The van der Waals surface area contributed by atoms with Crippen LogP contribution in [0.2, 0.25) is 0 Å². The highest BCUT2D eigenvalue weighted by molar-refractivity contribution is 5.65. The standard InChI is InChI=1S/C4H9NO2/c1-4(6)7-3-5-2/h5H,3H2,1-2H3/p+1. The SMILES string of the molecule is C[NH2+]COC(C)=O. The molecule has 0 saturated carbocycles. The van der Waals surface area contributed by atoms with Gasteiger partial charge < -0.3 is 10.1 Å². The van der Waals surface area contributed by atoms with Crippen LogP contribution in [0.3, 0.4) is 0 Å². The van der Waals surface area contributed by atoms with Crippen LogP contribution in [0, 0.1) is 0 Å². The van der Waals surface area contributed by atoms with E-state index in [0.717, 1.165) is 0 Å². The molecule has 0 fully saturated rings. The van der Waals surface area contributed by atoms with E-state index < -0.39 is 0 Å². The zero-order chi connectivity index (χ0) is 5.70. The van der Waals surface area contributed by atoms with Crippen molar-refractivity contribution in [1.29, 1.82) is 0 Å². The molecule has 0 atom stereocenters. The van der Waals surface area contributed by atoms with E-state index in [-0.39, 0.29) is 5.97 Å².